The predicted octanol–water partition coefficient (Wildman–Crippen LogP) is 1.86. The van der Waals surface area contributed by atoms with E-state index in [1.165, 1.54) is 25.8 Å². The molecule has 0 aliphatic carbocycles. The third-order valence-corrected chi connectivity index (χ3v) is 4.95. The van der Waals surface area contributed by atoms with Crippen molar-refractivity contribution in [2.45, 2.75) is 51.6 Å². The van der Waals surface area contributed by atoms with Crippen LogP contribution in [0.5, 0.6) is 0 Å². The number of nitrogens with zero attached hydrogens (tertiary/aromatic N) is 1. The molecule has 2 aliphatic heterocycles. The predicted molar refractivity (Wildman–Crippen MR) is 71.0 cm³/mol. The average Bonchev–Trinajstić information content (AvgIpc) is 2.98. The number of ether oxygens (including phenoxy) is 1. The van der Waals surface area contributed by atoms with Gasteiger partial charge in [-0.3, -0.25) is 4.90 Å². The number of nitrogens with two attached hydrogens (primary N) is 1. The Balaban J connectivity index is 2.15. The second-order valence-electron chi connectivity index (χ2n) is 6.27. The fourth-order valence-electron chi connectivity index (χ4n) is 3.66. The van der Waals surface area contributed by atoms with Gasteiger partial charge in [0.25, 0.3) is 0 Å². The molecule has 2 aliphatic rings. The monoisotopic (exact) mass is 240 g/mol. The second kappa shape index (κ2) is 5.25. The summed E-state index contributed by atoms with van der Waals surface area (Å²) in [5.41, 5.74) is 6.27. The normalized spacial score (nSPS) is 34.4. The zero-order valence-corrected chi connectivity index (χ0v) is 11.6. The fourth-order valence-corrected chi connectivity index (χ4v) is 3.66. The van der Waals surface area contributed by atoms with Crippen LogP contribution in [0.3, 0.4) is 0 Å². The van der Waals surface area contributed by atoms with Crippen molar-refractivity contribution in [2.75, 3.05) is 26.3 Å². The fraction of sp³-hybridized carbons (Fsp3) is 1.00. The molecule has 0 spiro atoms. The lowest BCUT2D eigenvalue weighted by Gasteiger charge is -2.46. The van der Waals surface area contributed by atoms with E-state index in [2.05, 4.69) is 25.7 Å². The first-order chi connectivity index (χ1) is 8.09. The van der Waals surface area contributed by atoms with E-state index in [0.29, 0.717) is 12.0 Å². The summed E-state index contributed by atoms with van der Waals surface area (Å²) in [6.07, 6.45) is 3.84. The molecule has 0 aromatic rings. The van der Waals surface area contributed by atoms with E-state index < -0.39 is 0 Å². The van der Waals surface area contributed by atoms with Gasteiger partial charge in [-0.2, -0.15) is 0 Å². The summed E-state index contributed by atoms with van der Waals surface area (Å²) < 4.78 is 5.58. The highest BCUT2D eigenvalue weighted by Crippen LogP contribution is 2.37. The van der Waals surface area contributed by atoms with Gasteiger partial charge < -0.3 is 10.5 Å². The summed E-state index contributed by atoms with van der Waals surface area (Å²) in [4.78, 5) is 2.69. The lowest BCUT2D eigenvalue weighted by atomic mass is 9.82. The van der Waals surface area contributed by atoms with Crippen LogP contribution in [0.25, 0.3) is 0 Å². The molecule has 0 bridgehead atoms. The highest BCUT2D eigenvalue weighted by molar-refractivity contribution is 5.00. The van der Waals surface area contributed by atoms with Crippen molar-refractivity contribution in [2.24, 2.45) is 17.6 Å². The summed E-state index contributed by atoms with van der Waals surface area (Å²) in [5.74, 6) is 1.34. The van der Waals surface area contributed by atoms with Crippen LogP contribution in [0.1, 0.15) is 40.0 Å². The second-order valence-corrected chi connectivity index (χ2v) is 6.27. The Morgan fingerprint density at radius 2 is 2.18 bits per heavy atom. The van der Waals surface area contributed by atoms with E-state index in [-0.39, 0.29) is 5.54 Å². The van der Waals surface area contributed by atoms with Crippen LogP contribution in [0.2, 0.25) is 0 Å². The van der Waals surface area contributed by atoms with Gasteiger partial charge in [0.1, 0.15) is 0 Å². The average molecular weight is 240 g/mol. The number of hydrogen-bond donors (Lipinski definition) is 1. The summed E-state index contributed by atoms with van der Waals surface area (Å²) in [7, 11) is 0. The minimum Gasteiger partial charge on any atom is -0.381 e. The molecule has 2 rings (SSSR count). The van der Waals surface area contributed by atoms with E-state index in [1.54, 1.807) is 0 Å². The molecule has 17 heavy (non-hydrogen) atoms. The van der Waals surface area contributed by atoms with Gasteiger partial charge in [0.05, 0.1) is 6.61 Å². The minimum atomic E-state index is 0.141. The molecule has 0 aromatic heterocycles. The zero-order valence-electron chi connectivity index (χ0n) is 11.6. The SMILES string of the molecule is CC(C)C1CCCN1C(C)(CN)C1CCOC1. The third kappa shape index (κ3) is 2.38. The van der Waals surface area contributed by atoms with Gasteiger partial charge in [-0.15, -0.1) is 0 Å². The lowest BCUT2D eigenvalue weighted by Crippen LogP contribution is -2.59. The van der Waals surface area contributed by atoms with Crippen LogP contribution < -0.4 is 5.73 Å². The van der Waals surface area contributed by atoms with Crippen molar-refractivity contribution in [1.29, 1.82) is 0 Å². The molecule has 0 amide bonds. The van der Waals surface area contributed by atoms with Gasteiger partial charge in [0.15, 0.2) is 0 Å². The van der Waals surface area contributed by atoms with Crippen LogP contribution in [-0.2, 0) is 4.74 Å². The summed E-state index contributed by atoms with van der Waals surface area (Å²) >= 11 is 0. The molecule has 0 radical (unpaired) electrons. The summed E-state index contributed by atoms with van der Waals surface area (Å²) in [5, 5.41) is 0. The van der Waals surface area contributed by atoms with Crippen molar-refractivity contribution < 1.29 is 4.74 Å². The molecule has 2 saturated heterocycles. The zero-order chi connectivity index (χ0) is 12.5. The van der Waals surface area contributed by atoms with Crippen molar-refractivity contribution >= 4 is 0 Å². The van der Waals surface area contributed by atoms with E-state index in [0.717, 1.165) is 25.7 Å². The molecule has 2 heterocycles. The maximum absolute atomic E-state index is 6.13. The molecule has 100 valence electrons. The van der Waals surface area contributed by atoms with Gasteiger partial charge in [-0.1, -0.05) is 13.8 Å². The third-order valence-electron chi connectivity index (χ3n) is 4.95. The van der Waals surface area contributed by atoms with Gasteiger partial charge in [-0.25, -0.2) is 0 Å². The highest BCUT2D eigenvalue weighted by atomic mass is 16.5. The molecule has 3 nitrogen and oxygen atoms in total. The molecular weight excluding hydrogens is 212 g/mol. The molecule has 2 fully saturated rings. The van der Waals surface area contributed by atoms with Crippen LogP contribution >= 0.6 is 0 Å². The molecule has 0 saturated carbocycles. The lowest BCUT2D eigenvalue weighted by molar-refractivity contribution is 0.0211. The molecular formula is C14H28N2O. The van der Waals surface area contributed by atoms with Crippen LogP contribution in [-0.4, -0.2) is 42.8 Å². The van der Waals surface area contributed by atoms with Crippen molar-refractivity contribution in [3.8, 4) is 0 Å². The Hall–Kier alpha value is -0.120. The maximum atomic E-state index is 6.13. The molecule has 3 atom stereocenters. The Morgan fingerprint density at radius 1 is 1.41 bits per heavy atom. The summed E-state index contributed by atoms with van der Waals surface area (Å²) in [6.45, 7) is 10.8. The topological polar surface area (TPSA) is 38.5 Å². The van der Waals surface area contributed by atoms with Crippen LogP contribution in [0.15, 0.2) is 0 Å². The number of hydrogen-bond acceptors (Lipinski definition) is 3. The first kappa shape index (κ1) is 13.3. The molecule has 3 heteroatoms. The van der Waals surface area contributed by atoms with Gasteiger partial charge in [-0.05, 0) is 38.6 Å². The Morgan fingerprint density at radius 3 is 2.71 bits per heavy atom. The number of likely N-dealkylation sites (tertiary alicyclic amines) is 1. The Kier molecular flexibility index (Phi) is 4.11. The largest absolute Gasteiger partial charge is 0.381 e. The van der Waals surface area contributed by atoms with Gasteiger partial charge >= 0.3 is 0 Å². The van der Waals surface area contributed by atoms with E-state index in [9.17, 15) is 0 Å². The van der Waals surface area contributed by atoms with Crippen LogP contribution in [0.4, 0.5) is 0 Å². The Labute approximate surface area is 106 Å². The highest BCUT2D eigenvalue weighted by Gasteiger charge is 2.45. The van der Waals surface area contributed by atoms with E-state index in [1.807, 2.05) is 0 Å². The van der Waals surface area contributed by atoms with Crippen LogP contribution in [0, 0.1) is 11.8 Å². The summed E-state index contributed by atoms with van der Waals surface area (Å²) in [6, 6.07) is 0.712. The molecule has 0 aromatic carbocycles. The standard InChI is InChI=1S/C14H28N2O/c1-11(2)13-5-4-7-16(13)14(3,10-15)12-6-8-17-9-12/h11-13H,4-10,15H2,1-3H3. The Bertz CT molecular complexity index is 251. The van der Waals surface area contributed by atoms with Gasteiger partial charge in [0, 0.05) is 30.7 Å². The smallest absolute Gasteiger partial charge is 0.0513 e. The molecule has 2 N–H and O–H groups in total. The maximum Gasteiger partial charge on any atom is 0.0513 e. The first-order valence-corrected chi connectivity index (χ1v) is 7.14. The van der Waals surface area contributed by atoms with E-state index in [4.69, 9.17) is 10.5 Å². The van der Waals surface area contributed by atoms with Crippen molar-refractivity contribution in [3.05, 3.63) is 0 Å². The minimum absolute atomic E-state index is 0.141. The quantitative estimate of drug-likeness (QED) is 0.815. The number of rotatable bonds is 4. The van der Waals surface area contributed by atoms with Crippen molar-refractivity contribution in [3.63, 3.8) is 0 Å². The first-order valence-electron chi connectivity index (χ1n) is 7.14. The van der Waals surface area contributed by atoms with Crippen molar-refractivity contribution in [1.82, 2.24) is 4.90 Å². The molecule has 3 unspecified atom stereocenters. The van der Waals surface area contributed by atoms with Gasteiger partial charge in [0.2, 0.25) is 0 Å². The van der Waals surface area contributed by atoms with E-state index >= 15 is 0 Å².